The number of aliphatic carboxylic acids is 1. The van der Waals surface area contributed by atoms with Crippen molar-refractivity contribution in [3.05, 3.63) is 65.7 Å². The molecule has 6 nitrogen and oxygen atoms in total. The summed E-state index contributed by atoms with van der Waals surface area (Å²) in [4.78, 5) is 23.7. The molecule has 1 heterocycles. The molecule has 0 bridgehead atoms. The van der Waals surface area contributed by atoms with Crippen molar-refractivity contribution in [2.24, 2.45) is 0 Å². The number of carbonyl (C=O) groups is 2. The Morgan fingerprint density at radius 1 is 1.11 bits per heavy atom. The Labute approximate surface area is 164 Å². The van der Waals surface area contributed by atoms with Crippen molar-refractivity contribution in [3.63, 3.8) is 0 Å². The van der Waals surface area contributed by atoms with Crippen molar-refractivity contribution < 1.29 is 19.4 Å². The Morgan fingerprint density at radius 3 is 2.64 bits per heavy atom. The fourth-order valence-electron chi connectivity index (χ4n) is 3.48. The number of ether oxygens (including phenoxy) is 1. The minimum absolute atomic E-state index is 0.0118. The molecule has 0 fully saturated rings. The molecule has 28 heavy (non-hydrogen) atoms. The van der Waals surface area contributed by atoms with E-state index in [1.807, 2.05) is 54.6 Å². The van der Waals surface area contributed by atoms with Crippen LogP contribution in [0.3, 0.4) is 0 Å². The van der Waals surface area contributed by atoms with Crippen LogP contribution < -0.4 is 15.4 Å². The van der Waals surface area contributed by atoms with E-state index in [1.165, 1.54) is 0 Å². The number of benzene rings is 2. The lowest BCUT2D eigenvalue weighted by atomic mass is 10.0. The van der Waals surface area contributed by atoms with Gasteiger partial charge in [-0.15, -0.1) is 0 Å². The summed E-state index contributed by atoms with van der Waals surface area (Å²) in [6, 6.07) is 16.8. The molecule has 148 valence electrons. The number of para-hydroxylation sites is 1. The molecule has 0 aromatic heterocycles. The van der Waals surface area contributed by atoms with Crippen LogP contribution >= 0.6 is 0 Å². The maximum Gasteiger partial charge on any atom is 0.315 e. The molecule has 3 rings (SSSR count). The highest BCUT2D eigenvalue weighted by atomic mass is 16.5. The van der Waals surface area contributed by atoms with Crippen LogP contribution in [0.1, 0.15) is 42.9 Å². The molecule has 2 aromatic rings. The van der Waals surface area contributed by atoms with Crippen LogP contribution in [0.5, 0.6) is 5.75 Å². The SMILES string of the molecule is O=C(O)CCC(Cc1ccccc1)NC(=O)NC1CCCOc2ccccc21. The Bertz CT molecular complexity index is 794. The van der Waals surface area contributed by atoms with Gasteiger partial charge >= 0.3 is 12.0 Å². The summed E-state index contributed by atoms with van der Waals surface area (Å²) in [5.74, 6) is -0.0628. The lowest BCUT2D eigenvalue weighted by Gasteiger charge is -2.22. The molecule has 2 atom stereocenters. The fourth-order valence-corrected chi connectivity index (χ4v) is 3.48. The standard InChI is InChI=1S/C22H26N2O4/c25-21(26)13-12-17(15-16-7-2-1-3-8-16)23-22(27)24-19-10-6-14-28-20-11-5-4-9-18(19)20/h1-5,7-9,11,17,19H,6,10,12-15H2,(H,25,26)(H2,23,24,27). The predicted molar refractivity (Wildman–Crippen MR) is 106 cm³/mol. The lowest BCUT2D eigenvalue weighted by Crippen LogP contribution is -2.44. The minimum Gasteiger partial charge on any atom is -0.493 e. The summed E-state index contributed by atoms with van der Waals surface area (Å²) < 4.78 is 5.75. The second-order valence-corrected chi connectivity index (χ2v) is 7.02. The average molecular weight is 382 g/mol. The van der Waals surface area contributed by atoms with Crippen LogP contribution in [-0.2, 0) is 11.2 Å². The maximum atomic E-state index is 12.7. The zero-order valence-electron chi connectivity index (χ0n) is 15.8. The van der Waals surface area contributed by atoms with E-state index in [4.69, 9.17) is 9.84 Å². The second-order valence-electron chi connectivity index (χ2n) is 7.02. The number of rotatable bonds is 7. The summed E-state index contributed by atoms with van der Waals surface area (Å²) in [6.07, 6.45) is 2.63. The summed E-state index contributed by atoms with van der Waals surface area (Å²) in [5.41, 5.74) is 2.03. The van der Waals surface area contributed by atoms with Crippen molar-refractivity contribution in [2.75, 3.05) is 6.61 Å². The van der Waals surface area contributed by atoms with E-state index < -0.39 is 5.97 Å². The van der Waals surface area contributed by atoms with E-state index in [0.717, 1.165) is 29.7 Å². The monoisotopic (exact) mass is 382 g/mol. The zero-order chi connectivity index (χ0) is 19.8. The van der Waals surface area contributed by atoms with Crippen molar-refractivity contribution in [1.29, 1.82) is 0 Å². The molecule has 0 saturated carbocycles. The van der Waals surface area contributed by atoms with Gasteiger partial charge in [0.25, 0.3) is 0 Å². The maximum absolute atomic E-state index is 12.7. The second kappa shape index (κ2) is 9.78. The molecule has 2 unspecified atom stereocenters. The van der Waals surface area contributed by atoms with Crippen LogP contribution in [-0.4, -0.2) is 29.8 Å². The first kappa shape index (κ1) is 19.7. The number of urea groups is 1. The van der Waals surface area contributed by atoms with Crippen molar-refractivity contribution in [3.8, 4) is 5.75 Å². The quantitative estimate of drug-likeness (QED) is 0.682. The normalized spacial score (nSPS) is 16.8. The smallest absolute Gasteiger partial charge is 0.315 e. The van der Waals surface area contributed by atoms with Crippen LogP contribution in [0.25, 0.3) is 0 Å². The third-order valence-electron chi connectivity index (χ3n) is 4.86. The number of hydrogen-bond acceptors (Lipinski definition) is 3. The summed E-state index contributed by atoms with van der Waals surface area (Å²) in [5, 5.41) is 15.0. The molecule has 1 aliphatic rings. The third kappa shape index (κ3) is 5.74. The molecule has 1 aliphatic heterocycles. The van der Waals surface area contributed by atoms with Gasteiger partial charge in [-0.3, -0.25) is 4.79 Å². The first-order valence-corrected chi connectivity index (χ1v) is 9.66. The largest absolute Gasteiger partial charge is 0.493 e. The van der Waals surface area contributed by atoms with E-state index in [9.17, 15) is 9.59 Å². The topological polar surface area (TPSA) is 87.7 Å². The number of amides is 2. The van der Waals surface area contributed by atoms with Gasteiger partial charge in [0.15, 0.2) is 0 Å². The first-order valence-electron chi connectivity index (χ1n) is 9.66. The summed E-state index contributed by atoms with van der Waals surface area (Å²) in [7, 11) is 0. The van der Waals surface area contributed by atoms with Gasteiger partial charge in [0.1, 0.15) is 5.75 Å². The highest BCUT2D eigenvalue weighted by molar-refractivity contribution is 5.75. The highest BCUT2D eigenvalue weighted by Crippen LogP contribution is 2.31. The minimum atomic E-state index is -0.866. The van der Waals surface area contributed by atoms with Gasteiger partial charge in [0, 0.05) is 18.0 Å². The molecule has 2 aromatic carbocycles. The van der Waals surface area contributed by atoms with E-state index in [0.29, 0.717) is 19.4 Å². The third-order valence-corrected chi connectivity index (χ3v) is 4.86. The van der Waals surface area contributed by atoms with Gasteiger partial charge in [-0.05, 0) is 37.3 Å². The molecule has 3 N–H and O–H groups in total. The van der Waals surface area contributed by atoms with Gasteiger partial charge in [0.05, 0.1) is 12.6 Å². The van der Waals surface area contributed by atoms with E-state index >= 15 is 0 Å². The van der Waals surface area contributed by atoms with Crippen molar-refractivity contribution in [2.45, 2.75) is 44.2 Å². The Balaban J connectivity index is 1.65. The van der Waals surface area contributed by atoms with Crippen molar-refractivity contribution >= 4 is 12.0 Å². The summed E-state index contributed by atoms with van der Waals surface area (Å²) in [6.45, 7) is 0.631. The molecular weight excluding hydrogens is 356 g/mol. The van der Waals surface area contributed by atoms with Crippen LogP contribution in [0.15, 0.2) is 54.6 Å². The molecular formula is C22H26N2O4. The predicted octanol–water partition coefficient (Wildman–Crippen LogP) is 3.68. The molecule has 0 spiro atoms. The van der Waals surface area contributed by atoms with Gasteiger partial charge in [0.2, 0.25) is 0 Å². The Hall–Kier alpha value is -3.02. The van der Waals surface area contributed by atoms with Gasteiger partial charge < -0.3 is 20.5 Å². The molecule has 6 heteroatoms. The number of carboxylic acid groups (broad SMARTS) is 1. The number of carbonyl (C=O) groups excluding carboxylic acids is 1. The van der Waals surface area contributed by atoms with E-state index in [1.54, 1.807) is 0 Å². The zero-order valence-corrected chi connectivity index (χ0v) is 15.8. The van der Waals surface area contributed by atoms with Crippen LogP contribution in [0, 0.1) is 0 Å². The lowest BCUT2D eigenvalue weighted by molar-refractivity contribution is -0.137. The number of carboxylic acids is 1. The number of hydrogen-bond donors (Lipinski definition) is 3. The van der Waals surface area contributed by atoms with E-state index in [2.05, 4.69) is 10.6 Å². The summed E-state index contributed by atoms with van der Waals surface area (Å²) >= 11 is 0. The highest BCUT2D eigenvalue weighted by Gasteiger charge is 2.22. The fraction of sp³-hybridized carbons (Fsp3) is 0.364. The van der Waals surface area contributed by atoms with Crippen molar-refractivity contribution in [1.82, 2.24) is 10.6 Å². The number of fused-ring (bicyclic) bond motifs is 1. The van der Waals surface area contributed by atoms with E-state index in [-0.39, 0.29) is 24.5 Å². The molecule has 0 aliphatic carbocycles. The Morgan fingerprint density at radius 2 is 1.86 bits per heavy atom. The average Bonchev–Trinajstić information content (AvgIpc) is 2.89. The first-order chi connectivity index (χ1) is 13.6. The number of nitrogens with one attached hydrogen (secondary N) is 2. The molecule has 0 saturated heterocycles. The van der Waals surface area contributed by atoms with Gasteiger partial charge in [-0.1, -0.05) is 48.5 Å². The van der Waals surface area contributed by atoms with Gasteiger partial charge in [-0.2, -0.15) is 0 Å². The van der Waals surface area contributed by atoms with Gasteiger partial charge in [-0.25, -0.2) is 4.79 Å². The van der Waals surface area contributed by atoms with Crippen LogP contribution in [0.4, 0.5) is 4.79 Å². The van der Waals surface area contributed by atoms with Crippen LogP contribution in [0.2, 0.25) is 0 Å². The Kier molecular flexibility index (Phi) is 6.89. The molecule has 0 radical (unpaired) electrons. The molecule has 2 amide bonds.